The molecule has 0 radical (unpaired) electrons. The number of carboxylic acid groups (broad SMARTS) is 1. The van der Waals surface area contributed by atoms with E-state index in [9.17, 15) is 4.79 Å². The molecule has 4 nitrogen and oxygen atoms in total. The maximum absolute atomic E-state index is 11.0. The molecule has 0 unspecified atom stereocenters. The third-order valence-electron chi connectivity index (χ3n) is 2.51. The summed E-state index contributed by atoms with van der Waals surface area (Å²) in [5, 5.41) is 9.64. The van der Waals surface area contributed by atoms with Gasteiger partial charge < -0.3 is 9.84 Å². The van der Waals surface area contributed by atoms with Crippen LogP contribution in [0, 0.1) is 0 Å². The summed E-state index contributed by atoms with van der Waals surface area (Å²) in [5.41, 5.74) is 1.53. The fourth-order valence-electron chi connectivity index (χ4n) is 1.70. The molecular formula is C14H12ClNO3. The number of nitrogens with zero attached hydrogens (tertiary/aromatic N) is 1. The highest BCUT2D eigenvalue weighted by Gasteiger charge is 2.14. The fourth-order valence-corrected chi connectivity index (χ4v) is 1.89. The van der Waals surface area contributed by atoms with Gasteiger partial charge in [-0.3, -0.25) is 0 Å². The number of aromatic nitrogens is 1. The standard InChI is InChI=1S/C14H12ClNO3/c1-2-19-12-7-10(8-16-13(12)14(17)18)9-4-3-5-11(15)6-9/h3-8H,2H2,1H3,(H,17,18). The average molecular weight is 278 g/mol. The van der Waals surface area contributed by atoms with Gasteiger partial charge in [-0.2, -0.15) is 0 Å². The number of ether oxygens (including phenoxy) is 1. The zero-order valence-electron chi connectivity index (χ0n) is 10.3. The first kappa shape index (κ1) is 13.4. The van der Waals surface area contributed by atoms with Crippen molar-refractivity contribution in [3.63, 3.8) is 0 Å². The summed E-state index contributed by atoms with van der Waals surface area (Å²) < 4.78 is 5.31. The van der Waals surface area contributed by atoms with Gasteiger partial charge in [-0.1, -0.05) is 23.7 Å². The van der Waals surface area contributed by atoms with Gasteiger partial charge in [0.1, 0.15) is 0 Å². The SMILES string of the molecule is CCOc1cc(-c2cccc(Cl)c2)cnc1C(=O)O. The monoisotopic (exact) mass is 277 g/mol. The molecule has 5 heteroatoms. The van der Waals surface area contributed by atoms with E-state index in [0.29, 0.717) is 11.6 Å². The van der Waals surface area contributed by atoms with E-state index in [1.54, 1.807) is 25.1 Å². The number of hydrogen-bond donors (Lipinski definition) is 1. The predicted molar refractivity (Wildman–Crippen MR) is 72.8 cm³/mol. The third-order valence-corrected chi connectivity index (χ3v) is 2.75. The van der Waals surface area contributed by atoms with Crippen LogP contribution in [0.5, 0.6) is 5.75 Å². The number of carbonyl (C=O) groups is 1. The summed E-state index contributed by atoms with van der Waals surface area (Å²) in [7, 11) is 0. The lowest BCUT2D eigenvalue weighted by Gasteiger charge is -2.09. The van der Waals surface area contributed by atoms with Gasteiger partial charge in [0.15, 0.2) is 11.4 Å². The fraction of sp³-hybridized carbons (Fsp3) is 0.143. The first-order valence-corrected chi connectivity index (χ1v) is 6.11. The van der Waals surface area contributed by atoms with Crippen molar-refractivity contribution in [2.75, 3.05) is 6.61 Å². The molecule has 0 aliphatic carbocycles. The van der Waals surface area contributed by atoms with Gasteiger partial charge in [0, 0.05) is 16.8 Å². The lowest BCUT2D eigenvalue weighted by Crippen LogP contribution is -2.05. The van der Waals surface area contributed by atoms with Crippen molar-refractivity contribution < 1.29 is 14.6 Å². The molecule has 2 aromatic rings. The molecule has 1 N–H and O–H groups in total. The second kappa shape index (κ2) is 5.71. The molecule has 0 bridgehead atoms. The van der Waals surface area contributed by atoms with Crippen LogP contribution in [0.4, 0.5) is 0 Å². The van der Waals surface area contributed by atoms with E-state index in [2.05, 4.69) is 4.98 Å². The normalized spacial score (nSPS) is 10.2. The van der Waals surface area contributed by atoms with Crippen molar-refractivity contribution in [1.82, 2.24) is 4.98 Å². The topological polar surface area (TPSA) is 59.4 Å². The Hall–Kier alpha value is -2.07. The number of benzene rings is 1. The number of carboxylic acids is 1. The van der Waals surface area contributed by atoms with Crippen LogP contribution in [0.2, 0.25) is 5.02 Å². The molecule has 98 valence electrons. The van der Waals surface area contributed by atoms with Crippen molar-refractivity contribution in [2.24, 2.45) is 0 Å². The first-order chi connectivity index (χ1) is 9.11. The smallest absolute Gasteiger partial charge is 0.358 e. The minimum absolute atomic E-state index is 0.0902. The Morgan fingerprint density at radius 2 is 2.16 bits per heavy atom. The van der Waals surface area contributed by atoms with Gasteiger partial charge in [-0.15, -0.1) is 0 Å². The Morgan fingerprint density at radius 3 is 2.79 bits per heavy atom. The molecule has 19 heavy (non-hydrogen) atoms. The van der Waals surface area contributed by atoms with Crippen molar-refractivity contribution in [3.05, 3.63) is 47.2 Å². The molecular weight excluding hydrogens is 266 g/mol. The minimum atomic E-state index is -1.11. The van der Waals surface area contributed by atoms with Gasteiger partial charge in [0.25, 0.3) is 0 Å². The van der Waals surface area contributed by atoms with Crippen LogP contribution < -0.4 is 4.74 Å². The average Bonchev–Trinajstić information content (AvgIpc) is 2.39. The van der Waals surface area contributed by atoms with Gasteiger partial charge in [0.05, 0.1) is 6.61 Å². The van der Waals surface area contributed by atoms with Crippen molar-refractivity contribution in [1.29, 1.82) is 0 Å². The summed E-state index contributed by atoms with van der Waals surface area (Å²) in [5.74, 6) is -0.853. The molecule has 1 heterocycles. The highest BCUT2D eigenvalue weighted by Crippen LogP contribution is 2.27. The molecule has 0 saturated carbocycles. The predicted octanol–water partition coefficient (Wildman–Crippen LogP) is 3.50. The van der Waals surface area contributed by atoms with E-state index >= 15 is 0 Å². The zero-order valence-corrected chi connectivity index (χ0v) is 11.0. The van der Waals surface area contributed by atoms with Crippen molar-refractivity contribution in [2.45, 2.75) is 6.92 Å². The Bertz CT molecular complexity index is 613. The summed E-state index contributed by atoms with van der Waals surface area (Å²) in [6.07, 6.45) is 1.50. The van der Waals surface area contributed by atoms with Gasteiger partial charge in [-0.25, -0.2) is 9.78 Å². The van der Waals surface area contributed by atoms with Crippen molar-refractivity contribution in [3.8, 4) is 16.9 Å². The molecule has 1 aromatic heterocycles. The minimum Gasteiger partial charge on any atom is -0.491 e. The molecule has 0 aliphatic rings. The summed E-state index contributed by atoms with van der Waals surface area (Å²) in [4.78, 5) is 15.0. The number of rotatable bonds is 4. The molecule has 2 rings (SSSR count). The quantitative estimate of drug-likeness (QED) is 0.929. The lowest BCUT2D eigenvalue weighted by atomic mass is 10.1. The molecule has 0 fully saturated rings. The highest BCUT2D eigenvalue weighted by molar-refractivity contribution is 6.30. The molecule has 0 atom stereocenters. The number of aromatic carboxylic acids is 1. The third kappa shape index (κ3) is 3.03. The van der Waals surface area contributed by atoms with Gasteiger partial charge in [-0.05, 0) is 30.7 Å². The van der Waals surface area contributed by atoms with Crippen LogP contribution in [0.3, 0.4) is 0 Å². The van der Waals surface area contributed by atoms with Crippen LogP contribution in [0.15, 0.2) is 36.5 Å². The maximum Gasteiger partial charge on any atom is 0.358 e. The molecule has 0 aliphatic heterocycles. The number of hydrogen-bond acceptors (Lipinski definition) is 3. The van der Waals surface area contributed by atoms with E-state index in [1.165, 1.54) is 6.20 Å². The molecule has 1 aromatic carbocycles. The molecule has 0 saturated heterocycles. The van der Waals surface area contributed by atoms with E-state index < -0.39 is 5.97 Å². The maximum atomic E-state index is 11.0. The van der Waals surface area contributed by atoms with E-state index in [1.807, 2.05) is 12.1 Å². The van der Waals surface area contributed by atoms with E-state index in [0.717, 1.165) is 11.1 Å². The number of halogens is 1. The second-order valence-electron chi connectivity index (χ2n) is 3.82. The Labute approximate surface area is 115 Å². The van der Waals surface area contributed by atoms with Crippen LogP contribution in [-0.4, -0.2) is 22.7 Å². The van der Waals surface area contributed by atoms with E-state index in [4.69, 9.17) is 21.4 Å². The highest BCUT2D eigenvalue weighted by atomic mass is 35.5. The van der Waals surface area contributed by atoms with E-state index in [-0.39, 0.29) is 11.4 Å². The summed E-state index contributed by atoms with van der Waals surface area (Å²) >= 11 is 5.93. The van der Waals surface area contributed by atoms with Crippen LogP contribution in [0.25, 0.3) is 11.1 Å². The van der Waals surface area contributed by atoms with Crippen LogP contribution >= 0.6 is 11.6 Å². The summed E-state index contributed by atoms with van der Waals surface area (Å²) in [6.45, 7) is 2.17. The summed E-state index contributed by atoms with van der Waals surface area (Å²) in [6, 6.07) is 8.91. The van der Waals surface area contributed by atoms with Crippen LogP contribution in [0.1, 0.15) is 17.4 Å². The van der Waals surface area contributed by atoms with Gasteiger partial charge >= 0.3 is 5.97 Å². The second-order valence-corrected chi connectivity index (χ2v) is 4.26. The molecule has 0 spiro atoms. The largest absolute Gasteiger partial charge is 0.491 e. The Morgan fingerprint density at radius 1 is 1.37 bits per heavy atom. The van der Waals surface area contributed by atoms with Crippen molar-refractivity contribution >= 4 is 17.6 Å². The molecule has 0 amide bonds. The Kier molecular flexibility index (Phi) is 4.02. The Balaban J connectivity index is 2.48. The van der Waals surface area contributed by atoms with Crippen LogP contribution in [-0.2, 0) is 0 Å². The zero-order chi connectivity index (χ0) is 13.8. The first-order valence-electron chi connectivity index (χ1n) is 5.74. The lowest BCUT2D eigenvalue weighted by molar-refractivity contribution is 0.0685. The number of pyridine rings is 1. The van der Waals surface area contributed by atoms with Gasteiger partial charge in [0.2, 0.25) is 0 Å².